The van der Waals surface area contributed by atoms with Crippen molar-refractivity contribution in [2.24, 2.45) is 0 Å². The van der Waals surface area contributed by atoms with Crippen molar-refractivity contribution >= 4 is 58.2 Å². The van der Waals surface area contributed by atoms with E-state index in [1.54, 1.807) is 6.92 Å². The Morgan fingerprint density at radius 2 is 1.72 bits per heavy atom. The number of ether oxygens (including phenoxy) is 1. The topological polar surface area (TPSA) is 111 Å². The van der Waals surface area contributed by atoms with Crippen molar-refractivity contribution in [3.63, 3.8) is 0 Å². The summed E-state index contributed by atoms with van der Waals surface area (Å²) >= 11 is 18.9. The van der Waals surface area contributed by atoms with E-state index in [0.717, 1.165) is 6.07 Å². The minimum atomic E-state index is -0.760. The second kappa shape index (κ2) is 10.9. The monoisotopic (exact) mass is 548 g/mol. The number of benzene rings is 2. The van der Waals surface area contributed by atoms with Gasteiger partial charge in [-0.15, -0.1) is 4.80 Å². The highest BCUT2D eigenvalue weighted by atomic mass is 35.5. The van der Waals surface area contributed by atoms with Crippen LogP contribution in [0.1, 0.15) is 17.3 Å². The number of anilines is 2. The van der Waals surface area contributed by atoms with Crippen molar-refractivity contribution in [3.8, 4) is 16.9 Å². The zero-order valence-electron chi connectivity index (χ0n) is 18.4. The molecule has 0 atom stereocenters. The summed E-state index contributed by atoms with van der Waals surface area (Å²) in [4.78, 5) is 30.6. The lowest BCUT2D eigenvalue weighted by atomic mass is 10.0. The molecule has 0 bridgehead atoms. The quantitative estimate of drug-likeness (QED) is 0.294. The van der Waals surface area contributed by atoms with Crippen molar-refractivity contribution in [2.75, 3.05) is 17.2 Å². The minimum Gasteiger partial charge on any atom is -0.450 e. The number of nitrogens with one attached hydrogen (secondary N) is 2. The van der Waals surface area contributed by atoms with Gasteiger partial charge in [0, 0.05) is 11.1 Å². The number of carbonyl (C=O) groups excluding carboxylic acids is 2. The Labute approximate surface area is 219 Å². The Bertz CT molecular complexity index is 1450. The Hall–Kier alpha value is -3.73. The first-order valence-corrected chi connectivity index (χ1v) is 11.5. The van der Waals surface area contributed by atoms with Gasteiger partial charge in [-0.05, 0) is 43.3 Å². The second-order valence-electron chi connectivity index (χ2n) is 7.15. The van der Waals surface area contributed by atoms with Crippen LogP contribution in [0.2, 0.25) is 15.1 Å². The molecule has 0 aliphatic heterocycles. The third-order valence-corrected chi connectivity index (χ3v) is 5.68. The van der Waals surface area contributed by atoms with Crippen LogP contribution in [-0.4, -0.2) is 38.6 Å². The summed E-state index contributed by atoms with van der Waals surface area (Å²) in [5.41, 5.74) is 1.22. The highest BCUT2D eigenvalue weighted by Crippen LogP contribution is 2.38. The predicted octanol–water partition coefficient (Wildman–Crippen LogP) is 6.25. The molecule has 0 saturated carbocycles. The summed E-state index contributed by atoms with van der Waals surface area (Å²) < 4.78 is 18.5. The van der Waals surface area contributed by atoms with E-state index >= 15 is 0 Å². The Morgan fingerprint density at radius 3 is 2.39 bits per heavy atom. The maximum atomic E-state index is 13.6. The molecule has 36 heavy (non-hydrogen) atoms. The standard InChI is InChI=1S/C23H16Cl3FN6O3/c1-2-36-23(35)32-20-10-16(18(25)9-15(20)14-4-3-12(27)7-17(14)24)22(34)31-13-8-19(26)21(28-11-13)33-29-5-6-30-33/h3-11H,2H2,1H3,(H,31,34)(H,32,35). The smallest absolute Gasteiger partial charge is 0.411 e. The fourth-order valence-electron chi connectivity index (χ4n) is 3.23. The lowest BCUT2D eigenvalue weighted by molar-refractivity contribution is 0.102. The third kappa shape index (κ3) is 5.56. The average molecular weight is 550 g/mol. The number of nitrogens with zero attached hydrogens (tertiary/aromatic N) is 4. The zero-order valence-corrected chi connectivity index (χ0v) is 20.7. The van der Waals surface area contributed by atoms with Crippen molar-refractivity contribution in [3.05, 3.63) is 81.4 Å². The van der Waals surface area contributed by atoms with Crippen LogP contribution in [0.15, 0.2) is 55.0 Å². The van der Waals surface area contributed by atoms with Gasteiger partial charge in [0.2, 0.25) is 0 Å². The third-order valence-electron chi connectivity index (χ3n) is 4.77. The van der Waals surface area contributed by atoms with Crippen LogP contribution < -0.4 is 10.6 Å². The molecule has 0 aliphatic carbocycles. The predicted molar refractivity (Wildman–Crippen MR) is 135 cm³/mol. The van der Waals surface area contributed by atoms with Gasteiger partial charge in [-0.3, -0.25) is 10.1 Å². The number of aromatic nitrogens is 4. The zero-order chi connectivity index (χ0) is 25.8. The van der Waals surface area contributed by atoms with Gasteiger partial charge in [-0.25, -0.2) is 14.2 Å². The largest absolute Gasteiger partial charge is 0.450 e. The number of hydrogen-bond acceptors (Lipinski definition) is 6. The molecule has 2 heterocycles. The number of rotatable bonds is 6. The van der Waals surface area contributed by atoms with Gasteiger partial charge in [0.25, 0.3) is 5.91 Å². The number of halogens is 4. The average Bonchev–Trinajstić information content (AvgIpc) is 3.35. The molecule has 184 valence electrons. The van der Waals surface area contributed by atoms with Crippen LogP contribution in [0, 0.1) is 5.82 Å². The molecular formula is C23H16Cl3FN6O3. The maximum absolute atomic E-state index is 13.6. The van der Waals surface area contributed by atoms with Crippen LogP contribution in [0.4, 0.5) is 20.6 Å². The molecule has 0 spiro atoms. The molecule has 0 fully saturated rings. The summed E-state index contributed by atoms with van der Waals surface area (Å²) in [6.45, 7) is 1.77. The number of carbonyl (C=O) groups is 2. The molecule has 0 aliphatic rings. The Balaban J connectivity index is 1.68. The van der Waals surface area contributed by atoms with Gasteiger partial charge < -0.3 is 10.1 Å². The molecule has 4 aromatic rings. The highest BCUT2D eigenvalue weighted by Gasteiger charge is 2.20. The van der Waals surface area contributed by atoms with E-state index < -0.39 is 17.8 Å². The molecule has 2 aromatic carbocycles. The van der Waals surface area contributed by atoms with Gasteiger partial charge >= 0.3 is 6.09 Å². The van der Waals surface area contributed by atoms with E-state index in [1.807, 2.05) is 0 Å². The van der Waals surface area contributed by atoms with Gasteiger partial charge in [-0.1, -0.05) is 34.8 Å². The lowest BCUT2D eigenvalue weighted by Gasteiger charge is -2.16. The molecule has 2 aromatic heterocycles. The van der Waals surface area contributed by atoms with Gasteiger partial charge in [0.1, 0.15) is 5.82 Å². The molecular weight excluding hydrogens is 534 g/mol. The van der Waals surface area contributed by atoms with E-state index in [2.05, 4.69) is 25.8 Å². The van der Waals surface area contributed by atoms with Gasteiger partial charge in [-0.2, -0.15) is 10.2 Å². The van der Waals surface area contributed by atoms with Crippen molar-refractivity contribution in [1.29, 1.82) is 0 Å². The first-order chi connectivity index (χ1) is 17.3. The SMILES string of the molecule is CCOC(=O)Nc1cc(C(=O)Nc2cnc(-n3nccn3)c(Cl)c2)c(Cl)cc1-c1ccc(F)cc1Cl. The van der Waals surface area contributed by atoms with E-state index in [1.165, 1.54) is 53.7 Å². The van der Waals surface area contributed by atoms with Crippen molar-refractivity contribution in [1.82, 2.24) is 20.0 Å². The lowest BCUT2D eigenvalue weighted by Crippen LogP contribution is -2.17. The van der Waals surface area contributed by atoms with Crippen LogP contribution >= 0.6 is 34.8 Å². The van der Waals surface area contributed by atoms with Crippen LogP contribution in [0.25, 0.3) is 16.9 Å². The first-order valence-electron chi connectivity index (χ1n) is 10.3. The highest BCUT2D eigenvalue weighted by molar-refractivity contribution is 6.36. The summed E-state index contributed by atoms with van der Waals surface area (Å²) in [5, 5.41) is 13.5. The summed E-state index contributed by atoms with van der Waals surface area (Å²) in [7, 11) is 0. The van der Waals surface area contributed by atoms with Crippen molar-refractivity contribution in [2.45, 2.75) is 6.92 Å². The Kier molecular flexibility index (Phi) is 7.68. The maximum Gasteiger partial charge on any atom is 0.411 e. The molecule has 13 heteroatoms. The second-order valence-corrected chi connectivity index (χ2v) is 8.37. The van der Waals surface area contributed by atoms with Gasteiger partial charge in [0.05, 0.1) is 57.2 Å². The normalized spacial score (nSPS) is 10.7. The summed E-state index contributed by atoms with van der Waals surface area (Å²) in [5.74, 6) is -0.863. The van der Waals surface area contributed by atoms with Crippen LogP contribution in [-0.2, 0) is 4.74 Å². The van der Waals surface area contributed by atoms with Crippen LogP contribution in [0.5, 0.6) is 0 Å². The molecule has 2 N–H and O–H groups in total. The number of hydrogen-bond donors (Lipinski definition) is 2. The fraction of sp³-hybridized carbons (Fsp3) is 0.0870. The summed E-state index contributed by atoms with van der Waals surface area (Å²) in [6, 6.07) is 8.05. The molecule has 4 rings (SSSR count). The minimum absolute atomic E-state index is 0.0272. The van der Waals surface area contributed by atoms with E-state index in [0.29, 0.717) is 11.1 Å². The molecule has 0 unspecified atom stereocenters. The molecule has 0 radical (unpaired) electrons. The Morgan fingerprint density at radius 1 is 0.972 bits per heavy atom. The van der Waals surface area contributed by atoms with Crippen LogP contribution in [0.3, 0.4) is 0 Å². The molecule has 2 amide bonds. The van der Waals surface area contributed by atoms with Crippen molar-refractivity contribution < 1.29 is 18.7 Å². The molecule has 0 saturated heterocycles. The number of amides is 2. The van der Waals surface area contributed by atoms with E-state index in [9.17, 15) is 14.0 Å². The summed E-state index contributed by atoms with van der Waals surface area (Å²) in [6.07, 6.45) is 3.56. The first kappa shape index (κ1) is 25.4. The van der Waals surface area contributed by atoms with Gasteiger partial charge in [0.15, 0.2) is 5.82 Å². The van der Waals surface area contributed by atoms with E-state index in [4.69, 9.17) is 39.5 Å². The van der Waals surface area contributed by atoms with E-state index in [-0.39, 0.29) is 44.4 Å². The molecule has 9 nitrogen and oxygen atoms in total. The number of pyridine rings is 1. The fourth-order valence-corrected chi connectivity index (χ4v) is 3.99.